The Bertz CT molecular complexity index is 1070. The zero-order valence-electron chi connectivity index (χ0n) is 14.8. The lowest BCUT2D eigenvalue weighted by Gasteiger charge is -2.18. The summed E-state index contributed by atoms with van der Waals surface area (Å²) in [6.07, 6.45) is 2.81. The Labute approximate surface area is 164 Å². The highest BCUT2D eigenvalue weighted by Crippen LogP contribution is 2.33. The molecule has 0 bridgehead atoms. The molecule has 6 nitrogen and oxygen atoms in total. The van der Waals surface area contributed by atoms with Crippen LogP contribution in [0.1, 0.15) is 11.7 Å². The molecule has 28 heavy (non-hydrogen) atoms. The molecule has 1 atom stereocenters. The lowest BCUT2D eigenvalue weighted by molar-refractivity contribution is -0.141. The first kappa shape index (κ1) is 19.6. The Balaban J connectivity index is 2.11. The number of hydrogen-bond acceptors (Lipinski definition) is 4. The van der Waals surface area contributed by atoms with Crippen molar-refractivity contribution in [2.24, 2.45) is 0 Å². The van der Waals surface area contributed by atoms with Crippen molar-refractivity contribution in [2.45, 2.75) is 12.5 Å². The summed E-state index contributed by atoms with van der Waals surface area (Å²) in [6, 6.07) is 9.01. The van der Waals surface area contributed by atoms with Gasteiger partial charge in [-0.25, -0.2) is 9.18 Å². The van der Waals surface area contributed by atoms with E-state index in [2.05, 4.69) is 4.98 Å². The predicted molar refractivity (Wildman–Crippen MR) is 102 cm³/mol. The molecule has 0 saturated carbocycles. The van der Waals surface area contributed by atoms with Gasteiger partial charge in [0.15, 0.2) is 0 Å². The van der Waals surface area contributed by atoms with E-state index in [1.165, 1.54) is 31.5 Å². The summed E-state index contributed by atoms with van der Waals surface area (Å²) in [5, 5.41) is 9.93. The minimum absolute atomic E-state index is 0.00407. The second-order valence-electron chi connectivity index (χ2n) is 6.00. The molecule has 0 aliphatic carbocycles. The van der Waals surface area contributed by atoms with Crippen molar-refractivity contribution in [2.75, 3.05) is 7.11 Å². The van der Waals surface area contributed by atoms with E-state index in [1.807, 2.05) is 0 Å². The number of carbonyl (C=O) groups is 1. The van der Waals surface area contributed by atoms with Crippen LogP contribution in [0.2, 0.25) is 5.02 Å². The third-order valence-electron chi connectivity index (χ3n) is 4.23. The molecule has 144 valence electrons. The quantitative estimate of drug-likeness (QED) is 0.681. The Morgan fingerprint density at radius 1 is 1.29 bits per heavy atom. The van der Waals surface area contributed by atoms with Gasteiger partial charge >= 0.3 is 5.97 Å². The van der Waals surface area contributed by atoms with Gasteiger partial charge in [0.1, 0.15) is 17.6 Å². The van der Waals surface area contributed by atoms with E-state index in [9.17, 15) is 19.1 Å². The van der Waals surface area contributed by atoms with Crippen molar-refractivity contribution < 1.29 is 19.0 Å². The maximum atomic E-state index is 14.3. The van der Waals surface area contributed by atoms with Crippen LogP contribution >= 0.6 is 11.6 Å². The smallest absolute Gasteiger partial charge is 0.327 e. The van der Waals surface area contributed by atoms with Gasteiger partial charge in [0.2, 0.25) is 0 Å². The van der Waals surface area contributed by atoms with Crippen LogP contribution < -0.4 is 10.3 Å². The zero-order valence-corrected chi connectivity index (χ0v) is 15.6. The number of aromatic nitrogens is 2. The molecule has 8 heteroatoms. The molecule has 0 spiro atoms. The number of ether oxygens (including phenoxy) is 1. The molecule has 3 aromatic rings. The van der Waals surface area contributed by atoms with Crippen LogP contribution in [0.15, 0.2) is 59.7 Å². The molecule has 2 aromatic heterocycles. The summed E-state index contributed by atoms with van der Waals surface area (Å²) in [6.45, 7) is 0. The van der Waals surface area contributed by atoms with Crippen LogP contribution in [0.25, 0.3) is 11.1 Å². The number of nitrogens with zero attached hydrogens (tertiary/aromatic N) is 2. The van der Waals surface area contributed by atoms with Gasteiger partial charge in [-0.3, -0.25) is 14.3 Å². The Hall–Kier alpha value is -3.19. The summed E-state index contributed by atoms with van der Waals surface area (Å²) < 4.78 is 20.6. The van der Waals surface area contributed by atoms with E-state index < -0.39 is 23.4 Å². The number of halogens is 2. The monoisotopic (exact) mass is 402 g/mol. The van der Waals surface area contributed by atoms with Gasteiger partial charge in [0.25, 0.3) is 5.56 Å². The van der Waals surface area contributed by atoms with Crippen LogP contribution in [0.5, 0.6) is 5.75 Å². The van der Waals surface area contributed by atoms with Crippen LogP contribution in [0.3, 0.4) is 0 Å². The number of aliphatic carboxylic acids is 1. The summed E-state index contributed by atoms with van der Waals surface area (Å²) >= 11 is 5.94. The van der Waals surface area contributed by atoms with Crippen LogP contribution in [-0.2, 0) is 11.2 Å². The number of hydrogen-bond donors (Lipinski definition) is 1. The summed E-state index contributed by atoms with van der Waals surface area (Å²) in [4.78, 5) is 28.6. The highest BCUT2D eigenvalue weighted by molar-refractivity contribution is 6.30. The first-order valence-corrected chi connectivity index (χ1v) is 8.67. The molecule has 0 radical (unpaired) electrons. The predicted octanol–water partition coefficient (Wildman–Crippen LogP) is 3.58. The number of rotatable bonds is 6. The van der Waals surface area contributed by atoms with E-state index in [-0.39, 0.29) is 23.3 Å². The fraction of sp³-hybridized carbons (Fsp3) is 0.150. The first-order chi connectivity index (χ1) is 13.4. The molecule has 0 aliphatic rings. The zero-order chi connectivity index (χ0) is 20.3. The highest BCUT2D eigenvalue weighted by Gasteiger charge is 2.24. The van der Waals surface area contributed by atoms with Crippen molar-refractivity contribution >= 4 is 17.6 Å². The molecule has 0 saturated heterocycles. The van der Waals surface area contributed by atoms with E-state index >= 15 is 0 Å². The minimum Gasteiger partial charge on any atom is -0.495 e. The van der Waals surface area contributed by atoms with Gasteiger partial charge in [-0.2, -0.15) is 0 Å². The van der Waals surface area contributed by atoms with Crippen molar-refractivity contribution in [1.29, 1.82) is 0 Å². The number of carboxylic acid groups (broad SMARTS) is 1. The molecular weight excluding hydrogens is 387 g/mol. The second kappa shape index (κ2) is 8.22. The number of pyridine rings is 2. The maximum absolute atomic E-state index is 14.3. The summed E-state index contributed by atoms with van der Waals surface area (Å²) in [5.41, 5.74) is 0.181. The standard InChI is InChI=1S/C20H16ClFN2O4/c1-28-18-11-24(17(20(26)27)9-13-4-2-3-7-23-13)19(25)10-15(18)14-8-12(21)5-6-16(14)22/h2-8,10-11,17H,9H2,1H3,(H,26,27). The molecular formula is C20H16ClFN2O4. The molecule has 0 amide bonds. The lowest BCUT2D eigenvalue weighted by atomic mass is 10.0. The fourth-order valence-electron chi connectivity index (χ4n) is 2.87. The Morgan fingerprint density at radius 3 is 2.71 bits per heavy atom. The van der Waals surface area contributed by atoms with Crippen molar-refractivity contribution in [3.63, 3.8) is 0 Å². The van der Waals surface area contributed by atoms with Gasteiger partial charge < -0.3 is 9.84 Å². The van der Waals surface area contributed by atoms with Crippen molar-refractivity contribution in [3.8, 4) is 16.9 Å². The minimum atomic E-state index is -1.20. The second-order valence-corrected chi connectivity index (χ2v) is 6.44. The van der Waals surface area contributed by atoms with Gasteiger partial charge in [-0.05, 0) is 30.3 Å². The number of carboxylic acids is 1. The third-order valence-corrected chi connectivity index (χ3v) is 4.47. The van der Waals surface area contributed by atoms with Crippen molar-refractivity contribution in [3.05, 3.63) is 81.7 Å². The van der Waals surface area contributed by atoms with Gasteiger partial charge in [-0.15, -0.1) is 0 Å². The normalized spacial score (nSPS) is 11.8. The highest BCUT2D eigenvalue weighted by atomic mass is 35.5. The van der Waals surface area contributed by atoms with Crippen LogP contribution in [-0.4, -0.2) is 27.7 Å². The maximum Gasteiger partial charge on any atom is 0.327 e. The number of methoxy groups -OCH3 is 1. The lowest BCUT2D eigenvalue weighted by Crippen LogP contribution is -2.31. The van der Waals surface area contributed by atoms with Crippen LogP contribution in [0, 0.1) is 5.82 Å². The van der Waals surface area contributed by atoms with E-state index in [0.717, 1.165) is 10.6 Å². The Kier molecular flexibility index (Phi) is 5.75. The molecule has 1 N–H and O–H groups in total. The van der Waals surface area contributed by atoms with Gasteiger partial charge in [0.05, 0.1) is 13.3 Å². The van der Waals surface area contributed by atoms with E-state index in [0.29, 0.717) is 10.7 Å². The summed E-state index contributed by atoms with van der Waals surface area (Å²) in [7, 11) is 1.35. The molecule has 1 aromatic carbocycles. The van der Waals surface area contributed by atoms with Crippen molar-refractivity contribution in [1.82, 2.24) is 9.55 Å². The van der Waals surface area contributed by atoms with Crippen LogP contribution in [0.4, 0.5) is 4.39 Å². The number of benzene rings is 1. The molecule has 0 fully saturated rings. The fourth-order valence-corrected chi connectivity index (χ4v) is 3.04. The third kappa shape index (κ3) is 4.04. The average Bonchev–Trinajstić information content (AvgIpc) is 2.68. The average molecular weight is 403 g/mol. The molecule has 0 aliphatic heterocycles. The van der Waals surface area contributed by atoms with Gasteiger partial charge in [-0.1, -0.05) is 17.7 Å². The van der Waals surface area contributed by atoms with Gasteiger partial charge in [0, 0.05) is 40.5 Å². The molecule has 1 unspecified atom stereocenters. The topological polar surface area (TPSA) is 81.4 Å². The first-order valence-electron chi connectivity index (χ1n) is 8.29. The Morgan fingerprint density at radius 2 is 2.07 bits per heavy atom. The largest absolute Gasteiger partial charge is 0.495 e. The summed E-state index contributed by atoms with van der Waals surface area (Å²) in [5.74, 6) is -1.63. The van der Waals surface area contributed by atoms with E-state index in [4.69, 9.17) is 16.3 Å². The molecule has 2 heterocycles. The van der Waals surface area contributed by atoms with E-state index in [1.54, 1.807) is 24.4 Å². The SMILES string of the molecule is COc1cn(C(Cc2ccccn2)C(=O)O)c(=O)cc1-c1cc(Cl)ccc1F. The molecule has 3 rings (SSSR count).